The van der Waals surface area contributed by atoms with Gasteiger partial charge in [0.15, 0.2) is 6.29 Å². The van der Waals surface area contributed by atoms with E-state index in [4.69, 9.17) is 14.2 Å². The van der Waals surface area contributed by atoms with Crippen LogP contribution in [0.2, 0.25) is 0 Å². The van der Waals surface area contributed by atoms with E-state index in [1.807, 2.05) is 93.6 Å². The van der Waals surface area contributed by atoms with Crippen LogP contribution in [-0.2, 0) is 35.2 Å². The Hall–Kier alpha value is -4.52. The molecule has 3 aromatic carbocycles. The van der Waals surface area contributed by atoms with E-state index in [9.17, 15) is 24.3 Å². The number of carbonyl (C=O) groups is 4. The molecule has 1 aliphatic heterocycles. The molecule has 306 valence electrons. The first kappa shape index (κ1) is 44.2. The van der Waals surface area contributed by atoms with Crippen LogP contribution in [0.15, 0.2) is 72.8 Å². The van der Waals surface area contributed by atoms with Crippen LogP contribution < -0.4 is 20.9 Å². The second-order valence-electron chi connectivity index (χ2n) is 15.1. The van der Waals surface area contributed by atoms with Gasteiger partial charge in [-0.15, -0.1) is 0 Å². The average molecular weight is 775 g/mol. The Morgan fingerprint density at radius 3 is 2.32 bits per heavy atom. The molecule has 0 aliphatic carbocycles. The number of aliphatic hydroxyl groups excluding tert-OH is 1. The number of hydrogen-bond acceptors (Lipinski definition) is 8. The van der Waals surface area contributed by atoms with Crippen molar-refractivity contribution in [2.45, 2.75) is 123 Å². The molecule has 0 bridgehead atoms. The van der Waals surface area contributed by atoms with E-state index in [0.717, 1.165) is 42.0 Å². The maximum atomic E-state index is 14.7. The molecule has 56 heavy (non-hydrogen) atoms. The minimum atomic E-state index is -1.07. The number of anilines is 1. The molecule has 6 atom stereocenters. The molecule has 1 fully saturated rings. The van der Waals surface area contributed by atoms with Gasteiger partial charge in [-0.1, -0.05) is 100 Å². The van der Waals surface area contributed by atoms with Gasteiger partial charge in [0.2, 0.25) is 17.7 Å². The molecular formula is C44H62N4O8. The van der Waals surface area contributed by atoms with Gasteiger partial charge in [-0.3, -0.25) is 19.3 Å². The van der Waals surface area contributed by atoms with Gasteiger partial charge in [-0.05, 0) is 74.8 Å². The highest BCUT2D eigenvalue weighted by Crippen LogP contribution is 2.31. The molecule has 2 unspecified atom stereocenters. The third-order valence-corrected chi connectivity index (χ3v) is 10.2. The second kappa shape index (κ2) is 22.9. The lowest BCUT2D eigenvalue weighted by Crippen LogP contribution is -2.58. The molecule has 0 radical (unpaired) electrons. The summed E-state index contributed by atoms with van der Waals surface area (Å²) >= 11 is 0. The van der Waals surface area contributed by atoms with Crippen LogP contribution in [0.3, 0.4) is 0 Å². The summed E-state index contributed by atoms with van der Waals surface area (Å²) in [7, 11) is 1.57. The van der Waals surface area contributed by atoms with Crippen LogP contribution in [0.5, 0.6) is 0 Å². The fourth-order valence-corrected chi connectivity index (χ4v) is 7.14. The maximum absolute atomic E-state index is 14.7. The Kier molecular flexibility index (Phi) is 18.1. The average Bonchev–Trinajstić information content (AvgIpc) is 3.20. The van der Waals surface area contributed by atoms with Crippen molar-refractivity contribution in [1.82, 2.24) is 16.0 Å². The zero-order chi connectivity index (χ0) is 40.5. The zero-order valence-electron chi connectivity index (χ0n) is 33.7. The van der Waals surface area contributed by atoms with E-state index in [1.54, 1.807) is 14.0 Å². The molecule has 1 heterocycles. The smallest absolute Gasteiger partial charge is 0.408 e. The van der Waals surface area contributed by atoms with Gasteiger partial charge >= 0.3 is 6.09 Å². The van der Waals surface area contributed by atoms with Gasteiger partial charge in [0.05, 0.1) is 24.4 Å². The summed E-state index contributed by atoms with van der Waals surface area (Å²) < 4.78 is 17.0. The molecule has 12 nitrogen and oxygen atoms in total. The van der Waals surface area contributed by atoms with Crippen molar-refractivity contribution in [2.75, 3.05) is 25.2 Å². The van der Waals surface area contributed by atoms with Gasteiger partial charge < -0.3 is 35.3 Å². The Bertz CT molecular complexity index is 1680. The van der Waals surface area contributed by atoms with Gasteiger partial charge in [-0.25, -0.2) is 4.79 Å². The van der Waals surface area contributed by atoms with Gasteiger partial charge in [0.25, 0.3) is 0 Å². The summed E-state index contributed by atoms with van der Waals surface area (Å²) in [5.74, 6) is -1.61. The number of benzene rings is 3. The number of nitrogens with zero attached hydrogens (tertiary/aromatic N) is 1. The van der Waals surface area contributed by atoms with Crippen LogP contribution in [0.4, 0.5) is 10.5 Å². The predicted octanol–water partition coefficient (Wildman–Crippen LogP) is 6.62. The Morgan fingerprint density at radius 2 is 1.62 bits per heavy atom. The maximum Gasteiger partial charge on any atom is 0.408 e. The molecule has 0 spiro atoms. The van der Waals surface area contributed by atoms with E-state index in [0.29, 0.717) is 44.6 Å². The van der Waals surface area contributed by atoms with E-state index >= 15 is 0 Å². The lowest BCUT2D eigenvalue weighted by molar-refractivity contribution is -0.165. The SMILES string of the molecule is CCCC[C@@H](C(=O)N[C@@H](CC(C)C)[C@@H](O)CC(CCOC1CCCCO1)C(=O)NC)N(C(=O)[C@H](C)NC(=O)OCc1ccccc1)c1cccc2ccccc12. The molecule has 4 rings (SSSR count). The minimum absolute atomic E-state index is 0.0322. The number of rotatable bonds is 21. The number of carbonyl (C=O) groups excluding carboxylic acids is 4. The summed E-state index contributed by atoms with van der Waals surface area (Å²) in [5.41, 5.74) is 1.33. The normalized spacial score (nSPS) is 16.9. The van der Waals surface area contributed by atoms with Crippen LogP contribution in [0, 0.1) is 11.8 Å². The summed E-state index contributed by atoms with van der Waals surface area (Å²) in [6.45, 7) is 8.58. The van der Waals surface area contributed by atoms with Crippen molar-refractivity contribution in [2.24, 2.45) is 11.8 Å². The third kappa shape index (κ3) is 13.3. The van der Waals surface area contributed by atoms with Crippen LogP contribution in [0.25, 0.3) is 10.8 Å². The number of hydrogen-bond donors (Lipinski definition) is 4. The molecule has 4 amide bonds. The Labute approximate surface area is 332 Å². The van der Waals surface area contributed by atoms with E-state index in [2.05, 4.69) is 16.0 Å². The van der Waals surface area contributed by atoms with Gasteiger partial charge in [-0.2, -0.15) is 0 Å². The van der Waals surface area contributed by atoms with Crippen molar-refractivity contribution in [3.8, 4) is 0 Å². The fourth-order valence-electron chi connectivity index (χ4n) is 7.14. The van der Waals surface area contributed by atoms with Crippen molar-refractivity contribution in [1.29, 1.82) is 0 Å². The fraction of sp³-hybridized carbons (Fsp3) is 0.545. The molecular weight excluding hydrogens is 713 g/mol. The van der Waals surface area contributed by atoms with Crippen molar-refractivity contribution >= 4 is 40.3 Å². The quantitative estimate of drug-likeness (QED) is 0.0942. The largest absolute Gasteiger partial charge is 0.445 e. The minimum Gasteiger partial charge on any atom is -0.445 e. The molecule has 0 saturated carbocycles. The molecule has 1 saturated heterocycles. The van der Waals surface area contributed by atoms with Gasteiger partial charge in [0.1, 0.15) is 18.7 Å². The first-order chi connectivity index (χ1) is 27.0. The van der Waals surface area contributed by atoms with E-state index < -0.39 is 48.1 Å². The van der Waals surface area contributed by atoms with E-state index in [1.165, 1.54) is 4.90 Å². The molecule has 4 N–H and O–H groups in total. The Morgan fingerprint density at radius 1 is 0.893 bits per heavy atom. The molecule has 1 aliphatic rings. The Balaban J connectivity index is 1.59. The van der Waals surface area contributed by atoms with Crippen molar-refractivity contribution in [3.63, 3.8) is 0 Å². The lowest BCUT2D eigenvalue weighted by Gasteiger charge is -2.36. The number of alkyl carbamates (subject to hydrolysis) is 1. The van der Waals surface area contributed by atoms with Crippen molar-refractivity contribution < 1.29 is 38.5 Å². The highest BCUT2D eigenvalue weighted by atomic mass is 16.7. The van der Waals surface area contributed by atoms with E-state index in [-0.39, 0.29) is 31.1 Å². The third-order valence-electron chi connectivity index (χ3n) is 10.2. The number of amides is 4. The highest BCUT2D eigenvalue weighted by molar-refractivity contribution is 6.09. The van der Waals surface area contributed by atoms with Crippen LogP contribution >= 0.6 is 0 Å². The molecule has 3 aromatic rings. The zero-order valence-corrected chi connectivity index (χ0v) is 33.7. The number of aliphatic hydroxyl groups is 1. The predicted molar refractivity (Wildman–Crippen MR) is 218 cm³/mol. The number of fused-ring (bicyclic) bond motifs is 1. The molecule has 12 heteroatoms. The standard InChI is InChI=1S/C44H62N4O8/c1-6-7-21-38(42(51)47-36(27-30(2)3)39(49)28-34(41(50)45-5)24-26-55-40-23-13-14-25-54-40)48(37-22-15-19-33-18-11-12-20-35(33)37)43(52)31(4)46-44(53)56-29-32-16-9-8-10-17-32/h8-12,15-20,22,30-31,34,36,38-40,49H,6-7,13-14,21,23-29H2,1-5H3,(H,45,50)(H,46,53)(H,47,51)/t31-,34?,36-,38-,39-,40?/m0/s1. The summed E-state index contributed by atoms with van der Waals surface area (Å²) in [4.78, 5) is 56.8. The van der Waals surface area contributed by atoms with Crippen molar-refractivity contribution in [3.05, 3.63) is 78.4 Å². The number of ether oxygens (including phenoxy) is 3. The summed E-state index contributed by atoms with van der Waals surface area (Å²) in [6.07, 6.45) is 3.35. The lowest BCUT2D eigenvalue weighted by atomic mass is 9.89. The van der Waals surface area contributed by atoms with Gasteiger partial charge in [0, 0.05) is 25.0 Å². The second-order valence-corrected chi connectivity index (χ2v) is 15.1. The highest BCUT2D eigenvalue weighted by Gasteiger charge is 2.37. The number of unbranched alkanes of at least 4 members (excludes halogenated alkanes) is 1. The summed E-state index contributed by atoms with van der Waals surface area (Å²) in [5, 5.41) is 21.9. The summed E-state index contributed by atoms with van der Waals surface area (Å²) in [6, 6.07) is 19.7. The first-order valence-corrected chi connectivity index (χ1v) is 20.2. The van der Waals surface area contributed by atoms with Crippen LogP contribution in [-0.4, -0.2) is 79.7 Å². The van der Waals surface area contributed by atoms with Crippen LogP contribution in [0.1, 0.15) is 91.0 Å². The topological polar surface area (TPSA) is 156 Å². The number of nitrogens with one attached hydrogen (secondary N) is 3. The molecule has 0 aromatic heterocycles. The monoisotopic (exact) mass is 774 g/mol. The first-order valence-electron chi connectivity index (χ1n) is 20.2.